The van der Waals surface area contributed by atoms with Crippen molar-refractivity contribution in [3.05, 3.63) is 106 Å². The van der Waals surface area contributed by atoms with Crippen molar-refractivity contribution in [3.63, 3.8) is 0 Å². The van der Waals surface area contributed by atoms with Gasteiger partial charge in [0.05, 0.1) is 21.2 Å². The van der Waals surface area contributed by atoms with Gasteiger partial charge in [-0.25, -0.2) is 0 Å². The predicted molar refractivity (Wildman–Crippen MR) is 135 cm³/mol. The minimum atomic E-state index is -3.98. The zero-order valence-corrected chi connectivity index (χ0v) is 20.9. The van der Waals surface area contributed by atoms with Crippen LogP contribution in [0.3, 0.4) is 0 Å². The van der Waals surface area contributed by atoms with Crippen LogP contribution in [0.25, 0.3) is 0 Å². The molecule has 0 aromatic heterocycles. The quantitative estimate of drug-likeness (QED) is 0.521. The Morgan fingerprint density at radius 2 is 0.941 bits per heavy atom. The molecule has 0 aliphatic heterocycles. The molecule has 0 unspecified atom stereocenters. The topological polar surface area (TPSA) is 93.0 Å². The molecule has 1 aliphatic carbocycles. The molecule has 0 spiro atoms. The highest BCUT2D eigenvalue weighted by atomic mass is 32.2. The van der Waals surface area contributed by atoms with E-state index in [-0.39, 0.29) is 21.2 Å². The molecule has 0 heterocycles. The second kappa shape index (κ2) is 8.77. The fourth-order valence-electron chi connectivity index (χ4n) is 3.96. The molecule has 0 radical (unpaired) electrons. The lowest BCUT2D eigenvalue weighted by atomic mass is 9.94. The summed E-state index contributed by atoms with van der Waals surface area (Å²) in [6.45, 7) is 7.24. The summed E-state index contributed by atoms with van der Waals surface area (Å²) in [6, 6.07) is 17.0. The number of allylic oxidation sites excluding steroid dienone is 2. The number of nitrogens with zero attached hydrogens (tertiary/aromatic N) is 2. The van der Waals surface area contributed by atoms with E-state index in [4.69, 9.17) is 0 Å². The van der Waals surface area contributed by atoms with Crippen molar-refractivity contribution >= 4 is 31.5 Å². The van der Waals surface area contributed by atoms with Crippen molar-refractivity contribution in [2.45, 2.75) is 37.5 Å². The molecule has 8 heteroatoms. The second-order valence-corrected chi connectivity index (χ2v) is 11.5. The van der Waals surface area contributed by atoms with Crippen molar-refractivity contribution in [3.8, 4) is 0 Å². The van der Waals surface area contributed by atoms with Crippen LogP contribution in [0.4, 0.5) is 0 Å². The van der Waals surface area contributed by atoms with E-state index in [1.807, 2.05) is 13.8 Å². The first kappa shape index (κ1) is 23.8. The van der Waals surface area contributed by atoms with Gasteiger partial charge in [-0.3, -0.25) is 0 Å². The molecule has 0 amide bonds. The molecule has 1 aliphatic rings. The van der Waals surface area contributed by atoms with Crippen LogP contribution in [-0.2, 0) is 20.0 Å². The Bertz CT molecular complexity index is 1490. The number of rotatable bonds is 4. The number of hydrogen-bond donors (Lipinski definition) is 0. The molecule has 0 bridgehead atoms. The summed E-state index contributed by atoms with van der Waals surface area (Å²) in [4.78, 5) is 0.265. The van der Waals surface area contributed by atoms with Crippen molar-refractivity contribution in [1.82, 2.24) is 0 Å². The summed E-state index contributed by atoms with van der Waals surface area (Å²) in [5.74, 6) is 0. The van der Waals surface area contributed by atoms with Gasteiger partial charge >= 0.3 is 0 Å². The van der Waals surface area contributed by atoms with Gasteiger partial charge in [0.1, 0.15) is 0 Å². The average molecular weight is 493 g/mol. The summed E-state index contributed by atoms with van der Waals surface area (Å²) in [5, 5.41) is 0. The molecule has 6 nitrogen and oxygen atoms in total. The van der Waals surface area contributed by atoms with Crippen LogP contribution in [0.1, 0.15) is 33.4 Å². The van der Waals surface area contributed by atoms with Crippen molar-refractivity contribution in [2.24, 2.45) is 8.80 Å². The van der Waals surface area contributed by atoms with E-state index in [1.54, 1.807) is 74.5 Å². The average Bonchev–Trinajstić information content (AvgIpc) is 2.74. The lowest BCUT2D eigenvalue weighted by Crippen LogP contribution is -2.16. The molecule has 4 rings (SSSR count). The summed E-state index contributed by atoms with van der Waals surface area (Å²) >= 11 is 0. The predicted octanol–water partition coefficient (Wildman–Crippen LogP) is 4.85. The first-order valence-electron chi connectivity index (χ1n) is 10.6. The van der Waals surface area contributed by atoms with Gasteiger partial charge in [-0.2, -0.15) is 25.6 Å². The van der Waals surface area contributed by atoms with Gasteiger partial charge in [-0.15, -0.1) is 0 Å². The van der Waals surface area contributed by atoms with Gasteiger partial charge in [0.15, 0.2) is 0 Å². The van der Waals surface area contributed by atoms with Crippen molar-refractivity contribution in [1.29, 1.82) is 0 Å². The third-order valence-corrected chi connectivity index (χ3v) is 8.43. The number of benzene rings is 3. The first-order chi connectivity index (χ1) is 16.0. The smallest absolute Gasteiger partial charge is 0.199 e. The van der Waals surface area contributed by atoms with Gasteiger partial charge in [-0.1, -0.05) is 59.7 Å². The van der Waals surface area contributed by atoms with Crippen LogP contribution in [0.5, 0.6) is 0 Å². The van der Waals surface area contributed by atoms with E-state index < -0.39 is 20.0 Å². The molecule has 0 fully saturated rings. The van der Waals surface area contributed by atoms with Gasteiger partial charge < -0.3 is 0 Å². The minimum Gasteiger partial charge on any atom is -0.199 e. The van der Waals surface area contributed by atoms with Crippen LogP contribution in [0.2, 0.25) is 0 Å². The van der Waals surface area contributed by atoms with E-state index in [1.165, 1.54) is 12.2 Å². The fraction of sp³-hybridized carbons (Fsp3) is 0.154. The van der Waals surface area contributed by atoms with Gasteiger partial charge in [0.2, 0.25) is 0 Å². The van der Waals surface area contributed by atoms with Crippen molar-refractivity contribution < 1.29 is 16.8 Å². The Balaban J connectivity index is 1.81. The zero-order valence-electron chi connectivity index (χ0n) is 19.3. The molecule has 0 saturated heterocycles. The molecule has 3 aromatic rings. The summed E-state index contributed by atoms with van der Waals surface area (Å²) in [7, 11) is -7.95. The fourth-order valence-corrected chi connectivity index (χ4v) is 6.41. The Kier molecular flexibility index (Phi) is 6.14. The first-order valence-corrected chi connectivity index (χ1v) is 13.5. The van der Waals surface area contributed by atoms with Crippen LogP contribution in [-0.4, -0.2) is 28.3 Å². The largest absolute Gasteiger partial charge is 0.283 e. The highest BCUT2D eigenvalue weighted by molar-refractivity contribution is 7.90. The molecule has 0 saturated carbocycles. The van der Waals surface area contributed by atoms with E-state index >= 15 is 0 Å². The van der Waals surface area contributed by atoms with Crippen LogP contribution < -0.4 is 0 Å². The highest BCUT2D eigenvalue weighted by Crippen LogP contribution is 2.25. The third-order valence-electron chi connectivity index (χ3n) is 5.53. The molecular formula is C26H24N2O4S2. The van der Waals surface area contributed by atoms with E-state index in [0.29, 0.717) is 22.3 Å². The maximum Gasteiger partial charge on any atom is 0.283 e. The number of sulfonamides is 2. The third kappa shape index (κ3) is 4.64. The lowest BCUT2D eigenvalue weighted by Gasteiger charge is -2.15. The van der Waals surface area contributed by atoms with E-state index in [0.717, 1.165) is 11.1 Å². The molecule has 0 atom stereocenters. The van der Waals surface area contributed by atoms with E-state index in [9.17, 15) is 16.8 Å². The lowest BCUT2D eigenvalue weighted by molar-refractivity contribution is 0.595. The normalized spacial score (nSPS) is 16.1. The van der Waals surface area contributed by atoms with E-state index in [2.05, 4.69) is 8.80 Å². The molecule has 0 N–H and O–H groups in total. The van der Waals surface area contributed by atoms with Crippen LogP contribution >= 0.6 is 0 Å². The summed E-state index contributed by atoms with van der Waals surface area (Å²) in [5.41, 5.74) is 4.56. The Hall–Kier alpha value is -3.36. The van der Waals surface area contributed by atoms with Gasteiger partial charge in [0, 0.05) is 11.1 Å². The van der Waals surface area contributed by atoms with Gasteiger partial charge in [-0.05, 0) is 63.1 Å². The minimum absolute atomic E-state index is 0.133. The Morgan fingerprint density at radius 1 is 0.559 bits per heavy atom. The molecule has 34 heavy (non-hydrogen) atoms. The number of hydrogen-bond acceptors (Lipinski definition) is 4. The molecular weight excluding hydrogens is 468 g/mol. The zero-order chi connectivity index (χ0) is 24.7. The summed E-state index contributed by atoms with van der Waals surface area (Å²) < 4.78 is 60.4. The monoisotopic (exact) mass is 492 g/mol. The van der Waals surface area contributed by atoms with Gasteiger partial charge in [0.25, 0.3) is 20.0 Å². The Morgan fingerprint density at radius 3 is 1.29 bits per heavy atom. The number of aryl methyl sites for hydroxylation is 4. The number of fused-ring (bicyclic) bond motifs is 1. The standard InChI is InChI=1S/C26H24N2O4S2/c1-17-9-13-25(19(3)15-17)33(29,30)27-23-11-12-24(22-8-6-5-7-21(22)23)28-34(31,32)26-14-10-18(2)16-20(26)4/h5-16H,1-4H3/b27-23+,28-24+. The highest BCUT2D eigenvalue weighted by Gasteiger charge is 2.24. The Labute approximate surface area is 200 Å². The maximum atomic E-state index is 13.1. The molecule has 174 valence electrons. The molecule has 3 aromatic carbocycles. The maximum absolute atomic E-state index is 13.1. The van der Waals surface area contributed by atoms with Crippen LogP contribution in [0.15, 0.2) is 91.4 Å². The van der Waals surface area contributed by atoms with Crippen LogP contribution in [0, 0.1) is 27.7 Å². The second-order valence-electron chi connectivity index (χ2n) is 8.32. The summed E-state index contributed by atoms with van der Waals surface area (Å²) in [6.07, 6.45) is 2.97. The van der Waals surface area contributed by atoms with Crippen molar-refractivity contribution in [2.75, 3.05) is 0 Å². The SMILES string of the molecule is Cc1ccc(S(=O)(=O)/N=C2C=C/C(=N\S(=O)(=O)c3ccc(C)cc3C)c3ccccc3\2)c(C)c1.